The topological polar surface area (TPSA) is 78.8 Å². The molecule has 0 radical (unpaired) electrons. The molecule has 5 nitrogen and oxygen atoms in total. The molecule has 0 atom stereocenters. The van der Waals surface area contributed by atoms with Gasteiger partial charge in [-0.1, -0.05) is 34.8 Å². The fraction of sp³-hybridized carbons (Fsp3) is 0.278. The SMILES string of the molecule is CC(C)(C)OC(=O)c1ccc(NCc2cc(Cl)cc(Cl)c2O)c(Cl)c1O. The Bertz CT molecular complexity index is 847. The van der Waals surface area contributed by atoms with Crippen molar-refractivity contribution in [3.63, 3.8) is 0 Å². The summed E-state index contributed by atoms with van der Waals surface area (Å²) in [7, 11) is 0. The van der Waals surface area contributed by atoms with Gasteiger partial charge >= 0.3 is 5.97 Å². The maximum absolute atomic E-state index is 12.1. The van der Waals surface area contributed by atoms with Gasteiger partial charge < -0.3 is 20.3 Å². The smallest absolute Gasteiger partial charge is 0.342 e. The number of anilines is 1. The number of aromatic hydroxyl groups is 2. The molecule has 0 aliphatic rings. The molecular weight excluding hydrogens is 401 g/mol. The summed E-state index contributed by atoms with van der Waals surface area (Å²) in [6.45, 7) is 5.32. The summed E-state index contributed by atoms with van der Waals surface area (Å²) in [5.74, 6) is -1.17. The molecule has 0 heterocycles. The van der Waals surface area contributed by atoms with E-state index in [9.17, 15) is 15.0 Å². The first-order chi connectivity index (χ1) is 12.0. The van der Waals surface area contributed by atoms with Crippen molar-refractivity contribution >= 4 is 46.5 Å². The van der Waals surface area contributed by atoms with Gasteiger partial charge in [0.15, 0.2) is 5.75 Å². The molecular formula is C18H18Cl3NO4. The van der Waals surface area contributed by atoms with Crippen LogP contribution in [0.2, 0.25) is 15.1 Å². The van der Waals surface area contributed by atoms with E-state index in [0.29, 0.717) is 16.3 Å². The third-order valence-electron chi connectivity index (χ3n) is 3.31. The second-order valence-corrected chi connectivity index (χ2v) is 7.80. The Morgan fingerprint density at radius 3 is 2.38 bits per heavy atom. The molecule has 0 fully saturated rings. The molecule has 0 aliphatic heterocycles. The number of phenols is 2. The number of ether oxygens (including phenoxy) is 1. The molecule has 0 saturated heterocycles. The van der Waals surface area contributed by atoms with Crippen molar-refractivity contribution in [3.8, 4) is 11.5 Å². The molecule has 0 unspecified atom stereocenters. The molecule has 2 rings (SSSR count). The second-order valence-electron chi connectivity index (χ2n) is 6.57. The number of nitrogens with one attached hydrogen (secondary N) is 1. The fourth-order valence-corrected chi connectivity index (χ4v) is 2.91. The van der Waals surface area contributed by atoms with Gasteiger partial charge in [-0.05, 0) is 45.0 Å². The number of rotatable bonds is 4. The van der Waals surface area contributed by atoms with Crippen LogP contribution in [-0.2, 0) is 11.3 Å². The van der Waals surface area contributed by atoms with Gasteiger partial charge in [0.2, 0.25) is 0 Å². The molecule has 8 heteroatoms. The first kappa shape index (κ1) is 20.5. The van der Waals surface area contributed by atoms with Gasteiger partial charge in [0.1, 0.15) is 21.9 Å². The summed E-state index contributed by atoms with van der Waals surface area (Å²) in [4.78, 5) is 12.1. The van der Waals surface area contributed by atoms with E-state index in [-0.39, 0.29) is 33.7 Å². The van der Waals surface area contributed by atoms with E-state index in [4.69, 9.17) is 39.5 Å². The standard InChI is InChI=1S/C18H18Cl3NO4/c1-18(2,3)26-17(25)11-4-5-13(14(21)16(11)24)22-8-9-6-10(19)7-12(20)15(9)23/h4-7,22-24H,8H2,1-3H3. The average molecular weight is 419 g/mol. The fourth-order valence-electron chi connectivity index (χ4n) is 2.14. The van der Waals surface area contributed by atoms with Crippen molar-refractivity contribution in [2.45, 2.75) is 32.9 Å². The highest BCUT2D eigenvalue weighted by Gasteiger charge is 2.23. The molecule has 0 aliphatic carbocycles. The Morgan fingerprint density at radius 1 is 1.12 bits per heavy atom. The number of hydrogen-bond acceptors (Lipinski definition) is 5. The number of esters is 1. The van der Waals surface area contributed by atoms with Crippen molar-refractivity contribution in [1.29, 1.82) is 0 Å². The predicted octanol–water partition coefficient (Wildman–Crippen LogP) is 5.63. The monoisotopic (exact) mass is 417 g/mol. The maximum Gasteiger partial charge on any atom is 0.342 e. The van der Waals surface area contributed by atoms with Crippen LogP contribution >= 0.6 is 34.8 Å². The van der Waals surface area contributed by atoms with Gasteiger partial charge in [-0.25, -0.2) is 4.79 Å². The highest BCUT2D eigenvalue weighted by atomic mass is 35.5. The lowest BCUT2D eigenvalue weighted by molar-refractivity contribution is 0.00668. The van der Waals surface area contributed by atoms with Crippen LogP contribution in [0.15, 0.2) is 24.3 Å². The molecule has 3 N–H and O–H groups in total. The molecule has 2 aromatic carbocycles. The number of carbonyl (C=O) groups excluding carboxylic acids is 1. The quantitative estimate of drug-likeness (QED) is 0.561. The van der Waals surface area contributed by atoms with Gasteiger partial charge in [-0.3, -0.25) is 0 Å². The normalized spacial score (nSPS) is 11.3. The van der Waals surface area contributed by atoms with Gasteiger partial charge in [-0.2, -0.15) is 0 Å². The van der Waals surface area contributed by atoms with Crippen LogP contribution in [0.5, 0.6) is 11.5 Å². The summed E-state index contributed by atoms with van der Waals surface area (Å²) in [6, 6.07) is 5.92. The summed E-state index contributed by atoms with van der Waals surface area (Å²) in [5, 5.41) is 23.6. The van der Waals surface area contributed by atoms with Crippen LogP contribution < -0.4 is 5.32 Å². The van der Waals surface area contributed by atoms with Crippen molar-refractivity contribution in [2.75, 3.05) is 5.32 Å². The number of phenolic OH excluding ortho intramolecular Hbond substituents is 2. The summed E-state index contributed by atoms with van der Waals surface area (Å²) in [6.07, 6.45) is 0. The minimum Gasteiger partial charge on any atom is -0.506 e. The lowest BCUT2D eigenvalue weighted by Gasteiger charge is -2.20. The Labute approximate surface area is 166 Å². The highest BCUT2D eigenvalue weighted by Crippen LogP contribution is 2.37. The molecule has 0 aromatic heterocycles. The lowest BCUT2D eigenvalue weighted by atomic mass is 10.1. The first-order valence-electron chi connectivity index (χ1n) is 7.65. The van der Waals surface area contributed by atoms with Crippen LogP contribution in [0.4, 0.5) is 5.69 Å². The van der Waals surface area contributed by atoms with Gasteiger partial charge in [-0.15, -0.1) is 0 Å². The third kappa shape index (κ3) is 4.87. The molecule has 0 amide bonds. The van der Waals surface area contributed by atoms with Crippen molar-refractivity contribution < 1.29 is 19.7 Å². The van der Waals surface area contributed by atoms with Crippen LogP contribution in [-0.4, -0.2) is 21.8 Å². The Kier molecular flexibility index (Phi) is 6.17. The minimum absolute atomic E-state index is 0.0378. The van der Waals surface area contributed by atoms with Gasteiger partial charge in [0.05, 0.1) is 10.7 Å². The van der Waals surface area contributed by atoms with Gasteiger partial charge in [0, 0.05) is 17.1 Å². The molecule has 0 spiro atoms. The Morgan fingerprint density at radius 2 is 1.77 bits per heavy atom. The summed E-state index contributed by atoms with van der Waals surface area (Å²) < 4.78 is 5.23. The number of hydrogen-bond donors (Lipinski definition) is 3. The third-order valence-corrected chi connectivity index (χ3v) is 4.20. The second kappa shape index (κ2) is 7.82. The minimum atomic E-state index is -0.698. The van der Waals surface area contributed by atoms with Crippen LogP contribution in [0.3, 0.4) is 0 Å². The summed E-state index contributed by atoms with van der Waals surface area (Å²) >= 11 is 18.0. The van der Waals surface area contributed by atoms with E-state index < -0.39 is 11.6 Å². The Hall–Kier alpha value is -1.82. The number of halogens is 3. The molecule has 2 aromatic rings. The zero-order chi connectivity index (χ0) is 19.6. The van der Waals surface area contributed by atoms with Gasteiger partial charge in [0.25, 0.3) is 0 Å². The molecule has 0 bridgehead atoms. The van der Waals surface area contributed by atoms with E-state index in [1.807, 2.05) is 0 Å². The zero-order valence-corrected chi connectivity index (χ0v) is 16.6. The zero-order valence-electron chi connectivity index (χ0n) is 14.4. The number of carbonyl (C=O) groups is 1. The van der Waals surface area contributed by atoms with E-state index in [1.54, 1.807) is 26.8 Å². The lowest BCUT2D eigenvalue weighted by Crippen LogP contribution is -2.24. The van der Waals surface area contributed by atoms with Crippen LogP contribution in [0.1, 0.15) is 36.7 Å². The predicted molar refractivity (Wildman–Crippen MR) is 104 cm³/mol. The van der Waals surface area contributed by atoms with E-state index >= 15 is 0 Å². The molecule has 0 saturated carbocycles. The van der Waals surface area contributed by atoms with E-state index in [0.717, 1.165) is 0 Å². The average Bonchev–Trinajstić information content (AvgIpc) is 2.51. The van der Waals surface area contributed by atoms with Crippen molar-refractivity contribution in [1.82, 2.24) is 0 Å². The van der Waals surface area contributed by atoms with Crippen molar-refractivity contribution in [2.24, 2.45) is 0 Å². The van der Waals surface area contributed by atoms with Crippen molar-refractivity contribution in [3.05, 3.63) is 50.5 Å². The first-order valence-corrected chi connectivity index (χ1v) is 8.78. The largest absolute Gasteiger partial charge is 0.506 e. The number of benzene rings is 2. The molecule has 26 heavy (non-hydrogen) atoms. The van der Waals surface area contributed by atoms with Crippen LogP contribution in [0.25, 0.3) is 0 Å². The highest BCUT2D eigenvalue weighted by molar-refractivity contribution is 6.36. The summed E-state index contributed by atoms with van der Waals surface area (Å²) in [5.41, 5.74) is 0.0846. The van der Waals surface area contributed by atoms with Crippen LogP contribution in [0, 0.1) is 0 Å². The van der Waals surface area contributed by atoms with E-state index in [1.165, 1.54) is 18.2 Å². The van der Waals surface area contributed by atoms with E-state index in [2.05, 4.69) is 5.32 Å². The maximum atomic E-state index is 12.1. The molecule has 140 valence electrons. The Balaban J connectivity index is 2.22.